The molecule has 6 heteroatoms. The Kier molecular flexibility index (Phi) is 5.31. The standard InChI is InChI=1S/C20H20FN3O2/c1-14(26-15-8-4-3-5-9-15)20(25)23-18(19-22-12-13-24(19)2)16-10-6-7-11-17(16)21/h3-14,18H,1-2H3,(H,23,25)/t14-,18+/m0/s1. The fourth-order valence-electron chi connectivity index (χ4n) is 2.66. The molecule has 2 atom stereocenters. The normalized spacial score (nSPS) is 13.0. The summed E-state index contributed by atoms with van der Waals surface area (Å²) in [5, 5.41) is 2.85. The Bertz CT molecular complexity index is 880. The average molecular weight is 353 g/mol. The van der Waals surface area contributed by atoms with Crippen molar-refractivity contribution in [3.05, 3.63) is 84.2 Å². The Morgan fingerprint density at radius 3 is 2.50 bits per heavy atom. The number of nitrogens with zero attached hydrogens (tertiary/aromatic N) is 2. The van der Waals surface area contributed by atoms with Crippen LogP contribution in [-0.4, -0.2) is 21.6 Å². The summed E-state index contributed by atoms with van der Waals surface area (Å²) in [5.41, 5.74) is 0.349. The van der Waals surface area contributed by atoms with Gasteiger partial charge >= 0.3 is 0 Å². The molecule has 5 nitrogen and oxygen atoms in total. The van der Waals surface area contributed by atoms with E-state index in [1.165, 1.54) is 6.07 Å². The van der Waals surface area contributed by atoms with E-state index in [1.807, 2.05) is 18.2 Å². The van der Waals surface area contributed by atoms with Crippen molar-refractivity contribution in [3.8, 4) is 5.75 Å². The first-order valence-electron chi connectivity index (χ1n) is 8.30. The lowest BCUT2D eigenvalue weighted by Gasteiger charge is -2.22. The maximum absolute atomic E-state index is 14.3. The van der Waals surface area contributed by atoms with Crippen LogP contribution in [0.15, 0.2) is 67.0 Å². The van der Waals surface area contributed by atoms with Crippen molar-refractivity contribution in [1.82, 2.24) is 14.9 Å². The molecule has 26 heavy (non-hydrogen) atoms. The maximum Gasteiger partial charge on any atom is 0.261 e. The van der Waals surface area contributed by atoms with Gasteiger partial charge in [0.15, 0.2) is 6.10 Å². The molecular formula is C20H20FN3O2. The average Bonchev–Trinajstić information content (AvgIpc) is 3.07. The van der Waals surface area contributed by atoms with Gasteiger partial charge in [0.2, 0.25) is 0 Å². The minimum atomic E-state index is -0.744. The van der Waals surface area contributed by atoms with Crippen molar-refractivity contribution in [2.45, 2.75) is 19.1 Å². The number of ether oxygens (including phenoxy) is 1. The van der Waals surface area contributed by atoms with Gasteiger partial charge in [0.05, 0.1) is 0 Å². The minimum absolute atomic E-state index is 0.349. The molecule has 0 aliphatic heterocycles. The summed E-state index contributed by atoms with van der Waals surface area (Å²) in [4.78, 5) is 16.9. The monoisotopic (exact) mass is 353 g/mol. The second-order valence-corrected chi connectivity index (χ2v) is 5.93. The van der Waals surface area contributed by atoms with Crippen LogP contribution in [0.25, 0.3) is 0 Å². The van der Waals surface area contributed by atoms with Crippen molar-refractivity contribution in [3.63, 3.8) is 0 Å². The van der Waals surface area contributed by atoms with Gasteiger partial charge in [-0.3, -0.25) is 4.79 Å². The number of para-hydroxylation sites is 1. The number of hydrogen-bond donors (Lipinski definition) is 1. The molecule has 1 heterocycles. The zero-order chi connectivity index (χ0) is 18.5. The SMILES string of the molecule is C[C@H](Oc1ccccc1)C(=O)N[C@H](c1ccccc1F)c1nccn1C. The highest BCUT2D eigenvalue weighted by atomic mass is 19.1. The van der Waals surface area contributed by atoms with Gasteiger partial charge < -0.3 is 14.6 Å². The summed E-state index contributed by atoms with van der Waals surface area (Å²) >= 11 is 0. The third-order valence-electron chi connectivity index (χ3n) is 4.04. The van der Waals surface area contributed by atoms with E-state index in [-0.39, 0.29) is 5.91 Å². The summed E-state index contributed by atoms with van der Waals surface area (Å²) in [6.45, 7) is 1.65. The number of imidazole rings is 1. The molecule has 0 bridgehead atoms. The first-order valence-corrected chi connectivity index (χ1v) is 8.30. The topological polar surface area (TPSA) is 56.1 Å². The Morgan fingerprint density at radius 2 is 1.85 bits per heavy atom. The van der Waals surface area contributed by atoms with Crippen LogP contribution in [0.1, 0.15) is 24.4 Å². The number of nitrogens with one attached hydrogen (secondary N) is 1. The number of halogens is 1. The van der Waals surface area contributed by atoms with Crippen LogP contribution < -0.4 is 10.1 Å². The van der Waals surface area contributed by atoms with Crippen molar-refractivity contribution in [2.24, 2.45) is 7.05 Å². The maximum atomic E-state index is 14.3. The lowest BCUT2D eigenvalue weighted by molar-refractivity contribution is -0.127. The fraction of sp³-hybridized carbons (Fsp3) is 0.200. The van der Waals surface area contributed by atoms with Crippen molar-refractivity contribution in [1.29, 1.82) is 0 Å². The molecule has 1 N–H and O–H groups in total. The number of amides is 1. The molecule has 0 saturated heterocycles. The van der Waals surface area contributed by atoms with Gasteiger partial charge in [0.1, 0.15) is 23.4 Å². The van der Waals surface area contributed by atoms with Crippen LogP contribution in [-0.2, 0) is 11.8 Å². The van der Waals surface area contributed by atoms with Gasteiger partial charge in [-0.15, -0.1) is 0 Å². The number of aromatic nitrogens is 2. The van der Waals surface area contributed by atoms with Crippen molar-refractivity contribution >= 4 is 5.91 Å². The highest BCUT2D eigenvalue weighted by Gasteiger charge is 2.26. The summed E-state index contributed by atoms with van der Waals surface area (Å²) in [6, 6.07) is 14.7. The zero-order valence-corrected chi connectivity index (χ0v) is 14.6. The van der Waals surface area contributed by atoms with Gasteiger partial charge in [-0.1, -0.05) is 36.4 Å². The van der Waals surface area contributed by atoms with Crippen LogP contribution in [0.5, 0.6) is 5.75 Å². The molecule has 1 aromatic heterocycles. The second kappa shape index (κ2) is 7.82. The summed E-state index contributed by atoms with van der Waals surface area (Å²) < 4.78 is 21.7. The molecule has 134 valence electrons. The zero-order valence-electron chi connectivity index (χ0n) is 14.6. The smallest absolute Gasteiger partial charge is 0.261 e. The molecule has 0 saturated carbocycles. The molecule has 0 radical (unpaired) electrons. The molecule has 0 spiro atoms. The largest absolute Gasteiger partial charge is 0.481 e. The van der Waals surface area contributed by atoms with Crippen LogP contribution in [0.2, 0.25) is 0 Å². The molecule has 0 aliphatic rings. The Labute approximate surface area is 151 Å². The Balaban J connectivity index is 1.83. The lowest BCUT2D eigenvalue weighted by atomic mass is 10.0. The number of benzene rings is 2. The number of rotatable bonds is 6. The molecule has 1 amide bonds. The van der Waals surface area contributed by atoms with E-state index in [0.717, 1.165) is 0 Å². The highest BCUT2D eigenvalue weighted by Crippen LogP contribution is 2.23. The van der Waals surface area contributed by atoms with Gasteiger partial charge in [0, 0.05) is 25.0 Å². The fourth-order valence-corrected chi connectivity index (χ4v) is 2.66. The second-order valence-electron chi connectivity index (χ2n) is 5.93. The van der Waals surface area contributed by atoms with Gasteiger partial charge in [-0.25, -0.2) is 9.37 Å². The molecule has 2 aromatic carbocycles. The number of hydrogen-bond acceptors (Lipinski definition) is 3. The molecular weight excluding hydrogens is 333 g/mol. The Morgan fingerprint density at radius 1 is 1.15 bits per heavy atom. The molecule has 0 fully saturated rings. The Hall–Kier alpha value is -3.15. The number of carbonyl (C=O) groups excluding carboxylic acids is 1. The molecule has 0 unspecified atom stereocenters. The van der Waals surface area contributed by atoms with Crippen LogP contribution in [0, 0.1) is 5.82 Å². The van der Waals surface area contributed by atoms with Gasteiger partial charge in [0.25, 0.3) is 5.91 Å². The van der Waals surface area contributed by atoms with E-state index < -0.39 is 18.0 Å². The number of carbonyl (C=O) groups is 1. The predicted octanol–water partition coefficient (Wildman–Crippen LogP) is 3.23. The van der Waals surface area contributed by atoms with Crippen molar-refractivity contribution in [2.75, 3.05) is 0 Å². The van der Waals surface area contributed by atoms with E-state index >= 15 is 0 Å². The van der Waals surface area contributed by atoms with Gasteiger partial charge in [-0.05, 0) is 25.1 Å². The van der Waals surface area contributed by atoms with Gasteiger partial charge in [-0.2, -0.15) is 0 Å². The third kappa shape index (κ3) is 3.91. The summed E-state index contributed by atoms with van der Waals surface area (Å²) in [6.07, 6.45) is 2.62. The van der Waals surface area contributed by atoms with E-state index in [1.54, 1.807) is 61.3 Å². The van der Waals surface area contributed by atoms with Crippen molar-refractivity contribution < 1.29 is 13.9 Å². The molecule has 0 aliphatic carbocycles. The lowest BCUT2D eigenvalue weighted by Crippen LogP contribution is -2.40. The first-order chi connectivity index (χ1) is 12.6. The summed E-state index contributed by atoms with van der Waals surface area (Å²) in [5.74, 6) is 0.368. The summed E-state index contributed by atoms with van der Waals surface area (Å²) in [7, 11) is 1.80. The highest BCUT2D eigenvalue weighted by molar-refractivity contribution is 5.81. The number of aryl methyl sites for hydroxylation is 1. The van der Waals surface area contributed by atoms with Crippen LogP contribution in [0.4, 0.5) is 4.39 Å². The quantitative estimate of drug-likeness (QED) is 0.740. The third-order valence-corrected chi connectivity index (χ3v) is 4.04. The van der Waals surface area contributed by atoms with E-state index in [4.69, 9.17) is 4.74 Å². The van der Waals surface area contributed by atoms with E-state index in [0.29, 0.717) is 17.1 Å². The molecule has 3 aromatic rings. The predicted molar refractivity (Wildman–Crippen MR) is 96.1 cm³/mol. The van der Waals surface area contributed by atoms with Crippen LogP contribution >= 0.6 is 0 Å². The minimum Gasteiger partial charge on any atom is -0.481 e. The van der Waals surface area contributed by atoms with E-state index in [9.17, 15) is 9.18 Å². The first kappa shape index (κ1) is 17.7. The molecule has 3 rings (SSSR count). The van der Waals surface area contributed by atoms with E-state index in [2.05, 4.69) is 10.3 Å². The van der Waals surface area contributed by atoms with Crippen LogP contribution in [0.3, 0.4) is 0 Å².